The van der Waals surface area contributed by atoms with Crippen LogP contribution in [0.3, 0.4) is 0 Å². The van der Waals surface area contributed by atoms with E-state index in [0.29, 0.717) is 0 Å². The van der Waals surface area contributed by atoms with E-state index >= 15 is 0 Å². The van der Waals surface area contributed by atoms with E-state index in [1.54, 1.807) is 0 Å². The van der Waals surface area contributed by atoms with Gasteiger partial charge in [-0.2, -0.15) is 5.26 Å². The molecule has 0 aliphatic carbocycles. The maximum Gasteiger partial charge on any atom is 0.128 e. The Hall–Kier alpha value is -1.66. The Bertz CT molecular complexity index is 674. The molecule has 0 atom stereocenters. The van der Waals surface area contributed by atoms with Crippen molar-refractivity contribution in [2.75, 3.05) is 0 Å². The molecular weight excluding hydrogens is 276 g/mol. The van der Waals surface area contributed by atoms with Crippen LogP contribution >= 0.6 is 11.3 Å². The molecule has 0 amide bonds. The predicted molar refractivity (Wildman–Crippen MR) is 89.7 cm³/mol. The number of nitrogens with zero attached hydrogens (tertiary/aromatic N) is 2. The molecule has 1 aromatic heterocycles. The SMILES string of the molecule is CC(C)(C)c1ccc(-c2nc(C(C)(C)C)c(C#N)s2)cc1. The van der Waals surface area contributed by atoms with Gasteiger partial charge in [-0.1, -0.05) is 65.8 Å². The van der Waals surface area contributed by atoms with Gasteiger partial charge >= 0.3 is 0 Å². The Morgan fingerprint density at radius 2 is 1.52 bits per heavy atom. The highest BCUT2D eigenvalue weighted by Gasteiger charge is 2.24. The average Bonchev–Trinajstić information content (AvgIpc) is 2.82. The first-order chi connectivity index (χ1) is 9.63. The van der Waals surface area contributed by atoms with Crippen LogP contribution in [0.15, 0.2) is 24.3 Å². The van der Waals surface area contributed by atoms with Crippen LogP contribution in [-0.2, 0) is 10.8 Å². The largest absolute Gasteiger partial charge is 0.239 e. The number of benzene rings is 1. The summed E-state index contributed by atoms with van der Waals surface area (Å²) in [4.78, 5) is 5.43. The molecule has 1 aromatic carbocycles. The fourth-order valence-corrected chi connectivity index (χ4v) is 3.22. The van der Waals surface area contributed by atoms with E-state index in [9.17, 15) is 5.26 Å². The summed E-state index contributed by atoms with van der Waals surface area (Å²) in [5, 5.41) is 10.2. The molecular formula is C18H22N2S. The van der Waals surface area contributed by atoms with Crippen molar-refractivity contribution in [3.8, 4) is 16.6 Å². The highest BCUT2D eigenvalue weighted by molar-refractivity contribution is 7.15. The van der Waals surface area contributed by atoms with Gasteiger partial charge in [-0.25, -0.2) is 4.98 Å². The molecule has 2 rings (SSSR count). The Labute approximate surface area is 131 Å². The first kappa shape index (κ1) is 15.7. The molecule has 0 saturated carbocycles. The van der Waals surface area contributed by atoms with E-state index < -0.39 is 0 Å². The molecule has 21 heavy (non-hydrogen) atoms. The van der Waals surface area contributed by atoms with Crippen LogP contribution in [-0.4, -0.2) is 4.98 Å². The zero-order chi connectivity index (χ0) is 15.8. The van der Waals surface area contributed by atoms with Gasteiger partial charge in [0.05, 0.1) is 5.69 Å². The topological polar surface area (TPSA) is 36.7 Å². The van der Waals surface area contributed by atoms with Gasteiger partial charge in [0.15, 0.2) is 0 Å². The third-order valence-corrected chi connectivity index (χ3v) is 4.45. The first-order valence-corrected chi connectivity index (χ1v) is 7.97. The van der Waals surface area contributed by atoms with Crippen LogP contribution < -0.4 is 0 Å². The first-order valence-electron chi connectivity index (χ1n) is 7.15. The lowest BCUT2D eigenvalue weighted by Gasteiger charge is -2.18. The molecule has 0 aliphatic heterocycles. The molecule has 0 radical (unpaired) electrons. The molecule has 1 heterocycles. The van der Waals surface area contributed by atoms with Gasteiger partial charge in [0.2, 0.25) is 0 Å². The molecule has 0 fully saturated rings. The number of nitriles is 1. The van der Waals surface area contributed by atoms with E-state index in [0.717, 1.165) is 21.1 Å². The van der Waals surface area contributed by atoms with Crippen LogP contribution in [0, 0.1) is 11.3 Å². The van der Waals surface area contributed by atoms with E-state index in [1.807, 2.05) is 0 Å². The monoisotopic (exact) mass is 298 g/mol. The summed E-state index contributed by atoms with van der Waals surface area (Å²) < 4.78 is 0. The van der Waals surface area contributed by atoms with Crippen molar-refractivity contribution in [1.29, 1.82) is 5.26 Å². The van der Waals surface area contributed by atoms with Crippen LogP contribution in [0.2, 0.25) is 0 Å². The lowest BCUT2D eigenvalue weighted by atomic mass is 9.87. The van der Waals surface area contributed by atoms with Gasteiger partial charge in [0.25, 0.3) is 0 Å². The minimum absolute atomic E-state index is 0.106. The quantitative estimate of drug-likeness (QED) is 0.718. The maximum absolute atomic E-state index is 9.31. The lowest BCUT2D eigenvalue weighted by molar-refractivity contribution is 0.572. The third-order valence-electron chi connectivity index (χ3n) is 3.44. The summed E-state index contributed by atoms with van der Waals surface area (Å²) in [5.74, 6) is 0. The van der Waals surface area contributed by atoms with Gasteiger partial charge in [-0.15, -0.1) is 11.3 Å². The van der Waals surface area contributed by atoms with Crippen molar-refractivity contribution in [2.24, 2.45) is 0 Å². The minimum Gasteiger partial charge on any atom is -0.239 e. The molecule has 0 spiro atoms. The molecule has 0 aliphatic rings. The molecule has 0 saturated heterocycles. The highest BCUT2D eigenvalue weighted by Crippen LogP contribution is 2.34. The van der Waals surface area contributed by atoms with Gasteiger partial charge in [0.1, 0.15) is 16.0 Å². The molecule has 3 heteroatoms. The minimum atomic E-state index is -0.106. The second-order valence-electron chi connectivity index (χ2n) is 7.39. The van der Waals surface area contributed by atoms with Crippen molar-refractivity contribution in [1.82, 2.24) is 4.98 Å². The Morgan fingerprint density at radius 1 is 0.952 bits per heavy atom. The van der Waals surface area contributed by atoms with Gasteiger partial charge in [0, 0.05) is 11.0 Å². The number of aromatic nitrogens is 1. The molecule has 0 N–H and O–H groups in total. The summed E-state index contributed by atoms with van der Waals surface area (Å²) in [6, 6.07) is 10.8. The summed E-state index contributed by atoms with van der Waals surface area (Å²) in [7, 11) is 0. The molecule has 0 unspecified atom stereocenters. The number of rotatable bonds is 1. The number of hydrogen-bond acceptors (Lipinski definition) is 3. The van der Waals surface area contributed by atoms with E-state index in [2.05, 4.69) is 71.9 Å². The fourth-order valence-electron chi connectivity index (χ4n) is 2.14. The third kappa shape index (κ3) is 3.33. The van der Waals surface area contributed by atoms with Crippen LogP contribution in [0.25, 0.3) is 10.6 Å². The predicted octanol–water partition coefficient (Wildman–Crippen LogP) is 5.28. The average molecular weight is 298 g/mol. The summed E-state index contributed by atoms with van der Waals surface area (Å²) in [6.45, 7) is 12.9. The Morgan fingerprint density at radius 3 is 1.90 bits per heavy atom. The Kier molecular flexibility index (Phi) is 3.95. The van der Waals surface area contributed by atoms with E-state index in [1.165, 1.54) is 16.9 Å². The molecule has 2 aromatic rings. The second-order valence-corrected chi connectivity index (χ2v) is 8.38. The number of thiazole rings is 1. The van der Waals surface area contributed by atoms with Crippen molar-refractivity contribution in [3.63, 3.8) is 0 Å². The van der Waals surface area contributed by atoms with E-state index in [-0.39, 0.29) is 10.8 Å². The van der Waals surface area contributed by atoms with Gasteiger partial charge in [-0.05, 0) is 11.0 Å². The van der Waals surface area contributed by atoms with Crippen LogP contribution in [0.5, 0.6) is 0 Å². The zero-order valence-corrected chi connectivity index (χ0v) is 14.4. The van der Waals surface area contributed by atoms with Crippen LogP contribution in [0.1, 0.15) is 57.7 Å². The van der Waals surface area contributed by atoms with Gasteiger partial charge < -0.3 is 0 Å². The van der Waals surface area contributed by atoms with Crippen LogP contribution in [0.4, 0.5) is 0 Å². The molecule has 0 bridgehead atoms. The molecule has 110 valence electrons. The highest BCUT2D eigenvalue weighted by atomic mass is 32.1. The summed E-state index contributed by atoms with van der Waals surface area (Å²) in [5.41, 5.74) is 3.32. The van der Waals surface area contributed by atoms with Gasteiger partial charge in [-0.3, -0.25) is 0 Å². The number of hydrogen-bond donors (Lipinski definition) is 0. The fraction of sp³-hybridized carbons (Fsp3) is 0.444. The van der Waals surface area contributed by atoms with Crippen molar-refractivity contribution in [2.45, 2.75) is 52.4 Å². The molecule has 2 nitrogen and oxygen atoms in total. The van der Waals surface area contributed by atoms with Crippen molar-refractivity contribution in [3.05, 3.63) is 40.4 Å². The Balaban J connectivity index is 2.44. The lowest BCUT2D eigenvalue weighted by Crippen LogP contribution is -2.13. The van der Waals surface area contributed by atoms with Crippen molar-refractivity contribution >= 4 is 11.3 Å². The zero-order valence-electron chi connectivity index (χ0n) is 13.6. The summed E-state index contributed by atoms with van der Waals surface area (Å²) >= 11 is 1.48. The normalized spacial score (nSPS) is 12.2. The van der Waals surface area contributed by atoms with Crippen molar-refractivity contribution < 1.29 is 0 Å². The summed E-state index contributed by atoms with van der Waals surface area (Å²) in [6.07, 6.45) is 0. The maximum atomic E-state index is 9.31. The smallest absolute Gasteiger partial charge is 0.128 e. The second kappa shape index (κ2) is 5.27. The standard InChI is InChI=1S/C18H22N2S/c1-17(2,3)13-9-7-12(8-10-13)16-20-15(18(4,5)6)14(11-19)21-16/h7-10H,1-6H3. The van der Waals surface area contributed by atoms with E-state index in [4.69, 9.17) is 4.98 Å².